The molecular weight excluding hydrogens is 378 g/mol. The molecule has 1 aromatic carbocycles. The Morgan fingerprint density at radius 2 is 2.24 bits per heavy atom. The van der Waals surface area contributed by atoms with Crippen LogP contribution < -0.4 is 0 Å². The van der Waals surface area contributed by atoms with Crippen LogP contribution in [0.1, 0.15) is 26.2 Å². The molecular formula is C17H22ClN3O2S2. The van der Waals surface area contributed by atoms with Crippen molar-refractivity contribution in [2.24, 2.45) is 7.05 Å². The second-order valence-electron chi connectivity index (χ2n) is 6.12. The maximum absolute atomic E-state index is 11.9. The van der Waals surface area contributed by atoms with E-state index in [1.807, 2.05) is 29.5 Å². The van der Waals surface area contributed by atoms with Crippen molar-refractivity contribution in [3.8, 4) is 0 Å². The number of fused-ring (bicyclic) bond motifs is 1. The van der Waals surface area contributed by atoms with Gasteiger partial charge in [-0.1, -0.05) is 11.6 Å². The van der Waals surface area contributed by atoms with Crippen LogP contribution in [0.4, 0.5) is 4.79 Å². The largest absolute Gasteiger partial charge is 0.450 e. The van der Waals surface area contributed by atoms with E-state index in [4.69, 9.17) is 28.6 Å². The summed E-state index contributed by atoms with van der Waals surface area (Å²) in [6.45, 7) is 3.74. The van der Waals surface area contributed by atoms with E-state index in [-0.39, 0.29) is 6.09 Å². The number of halogens is 1. The van der Waals surface area contributed by atoms with Gasteiger partial charge in [0.15, 0.2) is 4.77 Å². The van der Waals surface area contributed by atoms with E-state index in [2.05, 4.69) is 11.1 Å². The normalized spacial score (nSPS) is 18.4. The van der Waals surface area contributed by atoms with E-state index in [1.54, 1.807) is 11.8 Å². The summed E-state index contributed by atoms with van der Waals surface area (Å²) >= 11 is 13.7. The summed E-state index contributed by atoms with van der Waals surface area (Å²) in [5.41, 5.74) is 1.90. The number of carbonyl (C=O) groups excluding carboxylic acids is 1. The summed E-state index contributed by atoms with van der Waals surface area (Å²) in [4.78, 5) is 18.0. The fourth-order valence-corrected chi connectivity index (χ4v) is 4.97. The van der Waals surface area contributed by atoms with Gasteiger partial charge in [-0.3, -0.25) is 0 Å². The minimum atomic E-state index is -0.204. The number of H-pyrrole nitrogens is 1. The number of rotatable bonds is 3. The zero-order chi connectivity index (χ0) is 18.0. The molecule has 2 heterocycles. The number of imidazole rings is 1. The standard InChI is InChI=1S/C17H22ClN3O2S2/c1-3-23-17(22)21-9-4-5-11(8-10-21)25-13-7-6-12-15(14(13)18)20(2)16(24)19-12/h6-7,11H,3-5,8-10H2,1-2H3,(H,19,24). The Morgan fingerprint density at radius 3 is 3.00 bits per heavy atom. The minimum absolute atomic E-state index is 0.204. The molecule has 5 nitrogen and oxygen atoms in total. The minimum Gasteiger partial charge on any atom is -0.450 e. The summed E-state index contributed by atoms with van der Waals surface area (Å²) < 4.78 is 7.69. The predicted octanol–water partition coefficient (Wildman–Crippen LogP) is 4.99. The molecule has 2 aromatic rings. The average Bonchev–Trinajstić information content (AvgIpc) is 2.76. The lowest BCUT2D eigenvalue weighted by atomic mass is 10.2. The van der Waals surface area contributed by atoms with Crippen LogP contribution in [0.15, 0.2) is 17.0 Å². The molecule has 1 saturated heterocycles. The van der Waals surface area contributed by atoms with Crippen LogP contribution in [0.5, 0.6) is 0 Å². The van der Waals surface area contributed by atoms with Crippen molar-refractivity contribution in [3.05, 3.63) is 21.9 Å². The fraction of sp³-hybridized carbons (Fsp3) is 0.529. The first kappa shape index (κ1) is 18.6. The monoisotopic (exact) mass is 399 g/mol. The van der Waals surface area contributed by atoms with Gasteiger partial charge in [-0.15, -0.1) is 11.8 Å². The molecule has 1 N–H and O–H groups in total. The number of amides is 1. The first-order valence-corrected chi connectivity index (χ1v) is 10.1. The Balaban J connectivity index is 1.73. The van der Waals surface area contributed by atoms with Gasteiger partial charge in [-0.05, 0) is 50.5 Å². The van der Waals surface area contributed by atoms with Crippen molar-refractivity contribution >= 4 is 52.7 Å². The van der Waals surface area contributed by atoms with Crippen molar-refractivity contribution in [1.29, 1.82) is 0 Å². The summed E-state index contributed by atoms with van der Waals surface area (Å²) in [5.74, 6) is 0. The molecule has 1 atom stereocenters. The highest BCUT2D eigenvalue weighted by atomic mass is 35.5. The molecule has 25 heavy (non-hydrogen) atoms. The third kappa shape index (κ3) is 3.99. The number of aryl methyl sites for hydroxylation is 1. The van der Waals surface area contributed by atoms with Crippen molar-refractivity contribution in [2.75, 3.05) is 19.7 Å². The number of thioether (sulfide) groups is 1. The van der Waals surface area contributed by atoms with Gasteiger partial charge in [0, 0.05) is 30.3 Å². The zero-order valence-corrected chi connectivity index (χ0v) is 16.8. The number of aromatic amines is 1. The predicted molar refractivity (Wildman–Crippen MR) is 105 cm³/mol. The van der Waals surface area contributed by atoms with Gasteiger partial charge >= 0.3 is 6.09 Å². The summed E-state index contributed by atoms with van der Waals surface area (Å²) in [6, 6.07) is 4.08. The van der Waals surface area contributed by atoms with Crippen LogP contribution >= 0.6 is 35.6 Å². The summed E-state index contributed by atoms with van der Waals surface area (Å²) in [6.07, 6.45) is 2.76. The molecule has 1 aliphatic heterocycles. The highest BCUT2D eigenvalue weighted by Crippen LogP contribution is 2.38. The zero-order valence-electron chi connectivity index (χ0n) is 14.4. The second kappa shape index (κ2) is 8.01. The molecule has 136 valence electrons. The van der Waals surface area contributed by atoms with E-state index >= 15 is 0 Å². The Labute approximate surface area is 161 Å². The van der Waals surface area contributed by atoms with E-state index in [9.17, 15) is 4.79 Å². The Bertz CT molecular complexity index is 833. The van der Waals surface area contributed by atoms with E-state index < -0.39 is 0 Å². The van der Waals surface area contributed by atoms with Crippen LogP contribution in [-0.4, -0.2) is 45.5 Å². The third-order valence-corrected chi connectivity index (χ3v) is 6.73. The van der Waals surface area contributed by atoms with Crippen LogP contribution in [0.2, 0.25) is 5.02 Å². The number of hydrogen-bond donors (Lipinski definition) is 1. The number of likely N-dealkylation sites (tertiary alicyclic amines) is 1. The lowest BCUT2D eigenvalue weighted by Crippen LogP contribution is -2.32. The van der Waals surface area contributed by atoms with Gasteiger partial charge in [0.05, 0.1) is 22.7 Å². The molecule has 0 spiro atoms. The number of benzene rings is 1. The molecule has 1 aliphatic rings. The second-order valence-corrected chi connectivity index (χ2v) is 8.23. The van der Waals surface area contributed by atoms with E-state index in [0.29, 0.717) is 16.6 Å². The Hall–Kier alpha value is -1.18. The number of nitrogens with one attached hydrogen (secondary N) is 1. The Kier molecular flexibility index (Phi) is 5.96. The lowest BCUT2D eigenvalue weighted by Gasteiger charge is -2.19. The highest BCUT2D eigenvalue weighted by molar-refractivity contribution is 8.00. The topological polar surface area (TPSA) is 50.3 Å². The van der Waals surface area contributed by atoms with Gasteiger partial charge in [0.1, 0.15) is 0 Å². The van der Waals surface area contributed by atoms with Gasteiger partial charge in [0.25, 0.3) is 0 Å². The molecule has 1 unspecified atom stereocenters. The number of ether oxygens (including phenoxy) is 1. The van der Waals surface area contributed by atoms with Gasteiger partial charge in [-0.2, -0.15) is 0 Å². The first-order chi connectivity index (χ1) is 12.0. The molecule has 0 saturated carbocycles. The molecule has 1 fully saturated rings. The summed E-state index contributed by atoms with van der Waals surface area (Å²) in [5, 5.41) is 1.17. The van der Waals surface area contributed by atoms with Gasteiger partial charge < -0.3 is 19.2 Å². The van der Waals surface area contributed by atoms with E-state index in [1.165, 1.54) is 0 Å². The van der Waals surface area contributed by atoms with Crippen molar-refractivity contribution < 1.29 is 9.53 Å². The number of hydrogen-bond acceptors (Lipinski definition) is 4. The quantitative estimate of drug-likeness (QED) is 0.738. The maximum atomic E-state index is 11.9. The third-order valence-electron chi connectivity index (χ3n) is 4.46. The molecule has 0 radical (unpaired) electrons. The van der Waals surface area contributed by atoms with Gasteiger partial charge in [0.2, 0.25) is 0 Å². The molecule has 8 heteroatoms. The van der Waals surface area contributed by atoms with Crippen LogP contribution in [0.25, 0.3) is 11.0 Å². The molecule has 1 amide bonds. The first-order valence-electron chi connectivity index (χ1n) is 8.46. The smallest absolute Gasteiger partial charge is 0.409 e. The number of nitrogens with zero attached hydrogens (tertiary/aromatic N) is 2. The lowest BCUT2D eigenvalue weighted by molar-refractivity contribution is 0.108. The highest BCUT2D eigenvalue weighted by Gasteiger charge is 2.23. The molecule has 1 aromatic heterocycles. The summed E-state index contributed by atoms with van der Waals surface area (Å²) in [7, 11) is 1.92. The van der Waals surface area contributed by atoms with Gasteiger partial charge in [-0.25, -0.2) is 4.79 Å². The fourth-order valence-electron chi connectivity index (χ4n) is 3.13. The number of aromatic nitrogens is 2. The SMILES string of the molecule is CCOC(=O)N1CCCC(Sc2ccc3[nH]c(=S)n(C)c3c2Cl)CC1. The van der Waals surface area contributed by atoms with Crippen LogP contribution in [0, 0.1) is 4.77 Å². The Morgan fingerprint density at radius 1 is 1.44 bits per heavy atom. The van der Waals surface area contributed by atoms with Crippen LogP contribution in [0.3, 0.4) is 0 Å². The molecule has 3 rings (SSSR count). The van der Waals surface area contributed by atoms with E-state index in [0.717, 1.165) is 53.3 Å². The van der Waals surface area contributed by atoms with Crippen molar-refractivity contribution in [1.82, 2.24) is 14.5 Å². The maximum Gasteiger partial charge on any atom is 0.409 e. The molecule has 0 bridgehead atoms. The van der Waals surface area contributed by atoms with Crippen LogP contribution in [-0.2, 0) is 11.8 Å². The molecule has 0 aliphatic carbocycles. The van der Waals surface area contributed by atoms with Crippen molar-refractivity contribution in [3.63, 3.8) is 0 Å². The average molecular weight is 400 g/mol. The van der Waals surface area contributed by atoms with Crippen molar-refractivity contribution in [2.45, 2.75) is 36.3 Å². The number of carbonyl (C=O) groups is 1.